The lowest BCUT2D eigenvalue weighted by atomic mass is 10.0. The fourth-order valence-corrected chi connectivity index (χ4v) is 4.07. The zero-order chi connectivity index (χ0) is 26.3. The van der Waals surface area contributed by atoms with Gasteiger partial charge < -0.3 is 14.2 Å². The van der Waals surface area contributed by atoms with Crippen LogP contribution in [0.2, 0.25) is 0 Å². The zero-order valence-corrected chi connectivity index (χ0v) is 22.5. The average Bonchev–Trinajstić information content (AvgIpc) is 2.94. The molecule has 1 atom stereocenters. The molecule has 3 rings (SSSR count). The predicted molar refractivity (Wildman–Crippen MR) is 152 cm³/mol. The van der Waals surface area contributed by atoms with E-state index in [9.17, 15) is 4.79 Å². The molecule has 0 fully saturated rings. The quantitative estimate of drug-likeness (QED) is 0.157. The van der Waals surface area contributed by atoms with Crippen LogP contribution in [0.4, 0.5) is 0 Å². The molecular weight excluding hydrogens is 460 g/mol. The highest BCUT2D eigenvalue weighted by Gasteiger charge is 2.21. The summed E-state index contributed by atoms with van der Waals surface area (Å²) in [5.74, 6) is 0.496. The molecule has 0 saturated heterocycles. The highest BCUT2D eigenvalue weighted by Crippen LogP contribution is 2.22. The average molecular weight is 501 g/mol. The van der Waals surface area contributed by atoms with Gasteiger partial charge in [-0.05, 0) is 66.3 Å². The van der Waals surface area contributed by atoms with Crippen molar-refractivity contribution < 1.29 is 19.0 Å². The standard InChI is InChI=1S/C33H40O4/c1-4-6-7-11-23-37-32(33(34)35-5-2)25-27-14-20-31(21-15-27)36-24-22-26(3)28-16-18-30(19-17-28)29-12-9-8-10-13-29/h8-10,12-22,32H,4-7,11,23-25H2,1-3H3/t32-/m0/s1. The second-order valence-electron chi connectivity index (χ2n) is 9.16. The van der Waals surface area contributed by atoms with Gasteiger partial charge in [0, 0.05) is 13.0 Å². The second-order valence-corrected chi connectivity index (χ2v) is 9.16. The summed E-state index contributed by atoms with van der Waals surface area (Å²) in [6, 6.07) is 26.8. The number of carbonyl (C=O) groups excluding carboxylic acids is 1. The summed E-state index contributed by atoms with van der Waals surface area (Å²) >= 11 is 0. The van der Waals surface area contributed by atoms with Gasteiger partial charge in [0.15, 0.2) is 6.10 Å². The van der Waals surface area contributed by atoms with Crippen LogP contribution in [0.5, 0.6) is 5.75 Å². The first-order valence-corrected chi connectivity index (χ1v) is 13.4. The molecular formula is C33H40O4. The molecule has 196 valence electrons. The van der Waals surface area contributed by atoms with Gasteiger partial charge in [0.25, 0.3) is 0 Å². The molecule has 0 bridgehead atoms. The molecule has 0 heterocycles. The van der Waals surface area contributed by atoms with Crippen LogP contribution in [0.25, 0.3) is 16.7 Å². The Morgan fingerprint density at radius 2 is 1.54 bits per heavy atom. The van der Waals surface area contributed by atoms with E-state index >= 15 is 0 Å². The molecule has 4 nitrogen and oxygen atoms in total. The maximum Gasteiger partial charge on any atom is 0.335 e. The number of esters is 1. The van der Waals surface area contributed by atoms with Crippen LogP contribution in [0, 0.1) is 0 Å². The lowest BCUT2D eigenvalue weighted by Crippen LogP contribution is -2.29. The Kier molecular flexibility index (Phi) is 12.0. The van der Waals surface area contributed by atoms with Gasteiger partial charge in [0.2, 0.25) is 0 Å². The van der Waals surface area contributed by atoms with Crippen molar-refractivity contribution >= 4 is 11.5 Å². The molecule has 0 unspecified atom stereocenters. The first kappa shape index (κ1) is 28.2. The SMILES string of the molecule is CCCCCCO[C@@H](Cc1ccc(OCC=C(C)c2ccc(-c3ccccc3)cc2)cc1)C(=O)OCC. The Bertz CT molecular complexity index is 1090. The van der Waals surface area contributed by atoms with Gasteiger partial charge in [0.1, 0.15) is 12.4 Å². The van der Waals surface area contributed by atoms with Gasteiger partial charge in [-0.25, -0.2) is 4.79 Å². The second kappa shape index (κ2) is 15.7. The minimum Gasteiger partial charge on any atom is -0.490 e. The smallest absolute Gasteiger partial charge is 0.335 e. The van der Waals surface area contributed by atoms with Crippen LogP contribution < -0.4 is 4.74 Å². The van der Waals surface area contributed by atoms with Crippen molar-refractivity contribution in [1.29, 1.82) is 0 Å². The monoisotopic (exact) mass is 500 g/mol. The summed E-state index contributed by atoms with van der Waals surface area (Å²) in [6.45, 7) is 7.51. The highest BCUT2D eigenvalue weighted by molar-refractivity contribution is 5.75. The third-order valence-electron chi connectivity index (χ3n) is 6.30. The molecule has 0 saturated carbocycles. The molecule has 0 spiro atoms. The molecule has 4 heteroatoms. The van der Waals surface area contributed by atoms with E-state index in [1.54, 1.807) is 0 Å². The highest BCUT2D eigenvalue weighted by atomic mass is 16.6. The molecule has 0 amide bonds. The van der Waals surface area contributed by atoms with Crippen LogP contribution in [0.1, 0.15) is 57.6 Å². The molecule has 0 N–H and O–H groups in total. The lowest BCUT2D eigenvalue weighted by Gasteiger charge is -2.17. The molecule has 0 aliphatic rings. The summed E-state index contributed by atoms with van der Waals surface area (Å²) in [4.78, 5) is 12.4. The third-order valence-corrected chi connectivity index (χ3v) is 6.30. The van der Waals surface area contributed by atoms with E-state index in [1.165, 1.54) is 35.1 Å². The van der Waals surface area contributed by atoms with Crippen LogP contribution >= 0.6 is 0 Å². The fourth-order valence-electron chi connectivity index (χ4n) is 4.07. The first-order valence-electron chi connectivity index (χ1n) is 13.4. The van der Waals surface area contributed by atoms with Crippen LogP contribution in [-0.2, 0) is 20.7 Å². The van der Waals surface area contributed by atoms with Crippen molar-refractivity contribution in [2.45, 2.75) is 59.0 Å². The Morgan fingerprint density at radius 1 is 0.838 bits per heavy atom. The summed E-state index contributed by atoms with van der Waals surface area (Å²) in [7, 11) is 0. The van der Waals surface area contributed by atoms with Crippen molar-refractivity contribution in [2.24, 2.45) is 0 Å². The number of hydrogen-bond donors (Lipinski definition) is 0. The molecule has 3 aromatic carbocycles. The number of hydrogen-bond acceptors (Lipinski definition) is 4. The van der Waals surface area contributed by atoms with Gasteiger partial charge in [-0.2, -0.15) is 0 Å². The lowest BCUT2D eigenvalue weighted by molar-refractivity contribution is -0.156. The predicted octanol–water partition coefficient (Wildman–Crippen LogP) is 7.91. The number of ether oxygens (including phenoxy) is 3. The normalized spacial score (nSPS) is 12.2. The summed E-state index contributed by atoms with van der Waals surface area (Å²) < 4.78 is 17.1. The Balaban J connectivity index is 1.50. The van der Waals surface area contributed by atoms with Crippen LogP contribution in [-0.4, -0.2) is 31.9 Å². The number of rotatable bonds is 15. The first-order chi connectivity index (χ1) is 18.1. The van der Waals surface area contributed by atoms with Crippen molar-refractivity contribution in [3.05, 3.63) is 96.1 Å². The van der Waals surface area contributed by atoms with Gasteiger partial charge in [-0.1, -0.05) is 92.9 Å². The van der Waals surface area contributed by atoms with Crippen molar-refractivity contribution in [1.82, 2.24) is 0 Å². The van der Waals surface area contributed by atoms with Crippen molar-refractivity contribution in [3.8, 4) is 16.9 Å². The number of carbonyl (C=O) groups is 1. The number of benzene rings is 3. The molecule has 0 radical (unpaired) electrons. The maximum absolute atomic E-state index is 12.4. The molecule has 0 aliphatic carbocycles. The minimum atomic E-state index is -0.577. The Hall–Kier alpha value is -3.37. The summed E-state index contributed by atoms with van der Waals surface area (Å²) in [5, 5.41) is 0. The van der Waals surface area contributed by atoms with E-state index in [2.05, 4.69) is 68.5 Å². The molecule has 0 aliphatic heterocycles. The van der Waals surface area contributed by atoms with E-state index < -0.39 is 6.10 Å². The molecule has 3 aromatic rings. The Labute approximate surface area is 222 Å². The van der Waals surface area contributed by atoms with E-state index in [1.807, 2.05) is 37.3 Å². The molecule has 0 aromatic heterocycles. The minimum absolute atomic E-state index is 0.296. The topological polar surface area (TPSA) is 44.8 Å². The number of allylic oxidation sites excluding steroid dienone is 1. The van der Waals surface area contributed by atoms with Crippen molar-refractivity contribution in [3.63, 3.8) is 0 Å². The molecule has 37 heavy (non-hydrogen) atoms. The van der Waals surface area contributed by atoms with Crippen LogP contribution in [0.15, 0.2) is 84.9 Å². The van der Waals surface area contributed by atoms with Gasteiger partial charge in [0.05, 0.1) is 6.61 Å². The van der Waals surface area contributed by atoms with E-state index in [0.29, 0.717) is 26.2 Å². The van der Waals surface area contributed by atoms with Gasteiger partial charge in [-0.3, -0.25) is 0 Å². The van der Waals surface area contributed by atoms with E-state index in [-0.39, 0.29) is 5.97 Å². The summed E-state index contributed by atoms with van der Waals surface area (Å²) in [6.07, 6.45) is 6.44. The van der Waals surface area contributed by atoms with Gasteiger partial charge in [-0.15, -0.1) is 0 Å². The maximum atomic E-state index is 12.4. The summed E-state index contributed by atoms with van der Waals surface area (Å²) in [5.41, 5.74) is 5.79. The fraction of sp³-hybridized carbons (Fsp3) is 0.364. The third kappa shape index (κ3) is 9.55. The van der Waals surface area contributed by atoms with Gasteiger partial charge >= 0.3 is 5.97 Å². The van der Waals surface area contributed by atoms with E-state index in [0.717, 1.165) is 24.2 Å². The largest absolute Gasteiger partial charge is 0.490 e. The van der Waals surface area contributed by atoms with Crippen molar-refractivity contribution in [2.75, 3.05) is 19.8 Å². The number of unbranched alkanes of at least 4 members (excludes halogenated alkanes) is 3. The zero-order valence-electron chi connectivity index (χ0n) is 22.5. The van der Waals surface area contributed by atoms with E-state index in [4.69, 9.17) is 14.2 Å². The van der Waals surface area contributed by atoms with Crippen LogP contribution in [0.3, 0.4) is 0 Å². The Morgan fingerprint density at radius 3 is 2.22 bits per heavy atom.